The zero-order chi connectivity index (χ0) is 12.3. The summed E-state index contributed by atoms with van der Waals surface area (Å²) in [6.07, 6.45) is -1.56. The first-order valence-electron chi connectivity index (χ1n) is 4.68. The van der Waals surface area contributed by atoms with Crippen LogP contribution in [-0.4, -0.2) is 34.7 Å². The smallest absolute Gasteiger partial charge is 0.334 e. The molecule has 1 rings (SSSR count). The second-order valence-corrected chi connectivity index (χ2v) is 4.67. The van der Waals surface area contributed by atoms with Gasteiger partial charge in [0.15, 0.2) is 6.10 Å². The van der Waals surface area contributed by atoms with Crippen LogP contribution in [0.25, 0.3) is 0 Å². The van der Waals surface area contributed by atoms with E-state index in [1.807, 2.05) is 13.8 Å². The first-order valence-corrected chi connectivity index (χ1v) is 5.49. The van der Waals surface area contributed by atoms with Gasteiger partial charge in [-0.15, -0.1) is 11.3 Å². The summed E-state index contributed by atoms with van der Waals surface area (Å²) < 4.78 is 0. The minimum Gasteiger partial charge on any atom is -0.479 e. The van der Waals surface area contributed by atoms with Crippen molar-refractivity contribution in [3.8, 4) is 0 Å². The molecule has 16 heavy (non-hydrogen) atoms. The normalized spacial score (nSPS) is 12.2. The molecule has 0 aliphatic heterocycles. The van der Waals surface area contributed by atoms with Gasteiger partial charge in [0.05, 0.1) is 11.4 Å². The molecule has 1 atom stereocenters. The van der Waals surface area contributed by atoms with E-state index in [4.69, 9.17) is 10.2 Å². The lowest BCUT2D eigenvalue weighted by atomic mass is 10.3. The summed E-state index contributed by atoms with van der Waals surface area (Å²) in [5, 5.41) is 19.7. The Morgan fingerprint density at radius 2 is 2.12 bits per heavy atom. The van der Waals surface area contributed by atoms with Gasteiger partial charge in [-0.2, -0.15) is 0 Å². The van der Waals surface area contributed by atoms with E-state index < -0.39 is 12.1 Å². The number of hydrogen-bond donors (Lipinski definition) is 3. The average Bonchev–Trinajstić information content (AvgIpc) is 2.55. The van der Waals surface area contributed by atoms with Crippen molar-refractivity contribution in [2.75, 3.05) is 6.54 Å². The Kier molecular flexibility index (Phi) is 4.03. The Labute approximate surface area is 96.7 Å². The molecule has 6 heteroatoms. The molecule has 0 bridgehead atoms. The van der Waals surface area contributed by atoms with E-state index in [0.29, 0.717) is 4.88 Å². The number of carbonyl (C=O) groups is 2. The molecule has 5 nitrogen and oxygen atoms in total. The molecule has 1 aromatic rings. The van der Waals surface area contributed by atoms with Crippen LogP contribution in [0.3, 0.4) is 0 Å². The second-order valence-electron chi connectivity index (χ2n) is 3.41. The summed E-state index contributed by atoms with van der Waals surface area (Å²) in [7, 11) is 0. The highest BCUT2D eigenvalue weighted by Crippen LogP contribution is 2.20. The summed E-state index contributed by atoms with van der Waals surface area (Å²) >= 11 is 1.34. The third-order valence-electron chi connectivity index (χ3n) is 2.13. The summed E-state index contributed by atoms with van der Waals surface area (Å²) in [5.74, 6) is -1.71. The molecule has 0 spiro atoms. The van der Waals surface area contributed by atoms with Gasteiger partial charge in [0.2, 0.25) is 0 Å². The molecule has 0 saturated heterocycles. The molecule has 0 aliphatic rings. The predicted octanol–water partition coefficient (Wildman–Crippen LogP) is 0.540. The van der Waals surface area contributed by atoms with Crippen molar-refractivity contribution in [3.05, 3.63) is 21.4 Å². The van der Waals surface area contributed by atoms with Crippen LogP contribution in [-0.2, 0) is 4.79 Å². The van der Waals surface area contributed by atoms with Crippen molar-refractivity contribution in [3.63, 3.8) is 0 Å². The molecule has 0 aliphatic carbocycles. The first kappa shape index (κ1) is 12.7. The average molecular weight is 243 g/mol. The van der Waals surface area contributed by atoms with Crippen LogP contribution in [0.4, 0.5) is 0 Å². The van der Waals surface area contributed by atoms with Crippen LogP contribution in [0.1, 0.15) is 20.1 Å². The largest absolute Gasteiger partial charge is 0.479 e. The summed E-state index contributed by atoms with van der Waals surface area (Å²) in [6, 6.07) is 1.74. The van der Waals surface area contributed by atoms with Crippen LogP contribution in [0.2, 0.25) is 0 Å². The van der Waals surface area contributed by atoms with Crippen molar-refractivity contribution < 1.29 is 19.8 Å². The second kappa shape index (κ2) is 5.09. The number of amides is 1. The number of aryl methyl sites for hydroxylation is 2. The maximum absolute atomic E-state index is 11.5. The number of aliphatic carboxylic acids is 1. The maximum Gasteiger partial charge on any atom is 0.334 e. The number of aliphatic hydroxyl groups is 1. The van der Waals surface area contributed by atoms with E-state index in [1.54, 1.807) is 6.07 Å². The van der Waals surface area contributed by atoms with Gasteiger partial charge in [-0.05, 0) is 25.5 Å². The number of carbonyl (C=O) groups excluding carboxylic acids is 1. The van der Waals surface area contributed by atoms with E-state index in [9.17, 15) is 9.59 Å². The van der Waals surface area contributed by atoms with E-state index in [-0.39, 0.29) is 12.5 Å². The van der Waals surface area contributed by atoms with Gasteiger partial charge in [-0.25, -0.2) is 4.79 Å². The molecule has 0 radical (unpaired) electrons. The molecular weight excluding hydrogens is 230 g/mol. The Bertz CT molecular complexity index is 393. The lowest BCUT2D eigenvalue weighted by Gasteiger charge is -2.06. The number of aliphatic hydroxyl groups excluding tert-OH is 1. The number of nitrogens with one attached hydrogen (secondary N) is 1. The van der Waals surface area contributed by atoms with Gasteiger partial charge in [0.25, 0.3) is 5.91 Å². The topological polar surface area (TPSA) is 86.6 Å². The minimum absolute atomic E-state index is 0.288. The molecule has 0 unspecified atom stereocenters. The fraction of sp³-hybridized carbons (Fsp3) is 0.400. The summed E-state index contributed by atoms with van der Waals surface area (Å²) in [5.41, 5.74) is 1.02. The van der Waals surface area contributed by atoms with Crippen LogP contribution in [0, 0.1) is 13.8 Å². The lowest BCUT2D eigenvalue weighted by molar-refractivity contribution is -0.146. The van der Waals surface area contributed by atoms with Crippen molar-refractivity contribution in [2.45, 2.75) is 20.0 Å². The molecular formula is C10H13NO4S. The molecule has 0 aromatic carbocycles. The van der Waals surface area contributed by atoms with Crippen LogP contribution in [0.15, 0.2) is 6.07 Å². The fourth-order valence-corrected chi connectivity index (χ4v) is 2.00. The van der Waals surface area contributed by atoms with Crippen molar-refractivity contribution in [1.82, 2.24) is 5.32 Å². The van der Waals surface area contributed by atoms with Crippen LogP contribution in [0.5, 0.6) is 0 Å². The van der Waals surface area contributed by atoms with E-state index in [1.165, 1.54) is 11.3 Å². The third-order valence-corrected chi connectivity index (χ3v) is 3.28. The molecule has 88 valence electrons. The Hall–Kier alpha value is -1.40. The highest BCUT2D eigenvalue weighted by Gasteiger charge is 2.16. The van der Waals surface area contributed by atoms with Gasteiger partial charge >= 0.3 is 5.97 Å². The van der Waals surface area contributed by atoms with Gasteiger partial charge in [0.1, 0.15) is 0 Å². The Morgan fingerprint density at radius 1 is 1.50 bits per heavy atom. The van der Waals surface area contributed by atoms with Crippen molar-refractivity contribution in [1.29, 1.82) is 0 Å². The maximum atomic E-state index is 11.5. The highest BCUT2D eigenvalue weighted by atomic mass is 32.1. The van der Waals surface area contributed by atoms with E-state index in [2.05, 4.69) is 5.32 Å². The van der Waals surface area contributed by atoms with Crippen molar-refractivity contribution >= 4 is 23.2 Å². The van der Waals surface area contributed by atoms with E-state index >= 15 is 0 Å². The zero-order valence-electron chi connectivity index (χ0n) is 8.98. The van der Waals surface area contributed by atoms with Gasteiger partial charge < -0.3 is 15.5 Å². The molecule has 3 N–H and O–H groups in total. The first-order chi connectivity index (χ1) is 7.41. The monoisotopic (exact) mass is 243 g/mol. The van der Waals surface area contributed by atoms with Crippen LogP contribution >= 0.6 is 11.3 Å². The third kappa shape index (κ3) is 3.04. The summed E-state index contributed by atoms with van der Waals surface area (Å²) in [6.45, 7) is 3.52. The minimum atomic E-state index is -1.56. The number of rotatable bonds is 4. The molecule has 1 heterocycles. The highest BCUT2D eigenvalue weighted by molar-refractivity contribution is 7.14. The van der Waals surface area contributed by atoms with Crippen LogP contribution < -0.4 is 5.32 Å². The molecule has 0 saturated carbocycles. The number of hydrogen-bond acceptors (Lipinski definition) is 4. The molecule has 1 aromatic heterocycles. The standard InChI is InChI=1S/C10H13NO4S/c1-5-3-8(16-6(5)2)9(13)11-4-7(12)10(14)15/h3,7,12H,4H2,1-2H3,(H,11,13)(H,14,15)/t7-/m0/s1. The van der Waals surface area contributed by atoms with Gasteiger partial charge in [-0.1, -0.05) is 0 Å². The molecule has 1 amide bonds. The Morgan fingerprint density at radius 3 is 2.56 bits per heavy atom. The molecule has 0 fully saturated rings. The number of carboxylic acids is 1. The fourth-order valence-electron chi connectivity index (χ4n) is 1.05. The SMILES string of the molecule is Cc1cc(C(=O)NC[C@H](O)C(=O)O)sc1C. The quantitative estimate of drug-likeness (QED) is 0.720. The summed E-state index contributed by atoms with van der Waals surface area (Å²) in [4.78, 5) is 23.4. The predicted molar refractivity (Wildman–Crippen MR) is 59.8 cm³/mol. The number of thiophene rings is 1. The lowest BCUT2D eigenvalue weighted by Crippen LogP contribution is -2.36. The zero-order valence-corrected chi connectivity index (χ0v) is 9.80. The Balaban J connectivity index is 2.56. The number of carboxylic acid groups (broad SMARTS) is 1. The van der Waals surface area contributed by atoms with Crippen molar-refractivity contribution in [2.24, 2.45) is 0 Å². The van der Waals surface area contributed by atoms with Gasteiger partial charge in [0, 0.05) is 4.88 Å². The van der Waals surface area contributed by atoms with E-state index in [0.717, 1.165) is 10.4 Å². The van der Waals surface area contributed by atoms with Gasteiger partial charge in [-0.3, -0.25) is 4.79 Å².